The highest BCUT2D eigenvalue weighted by molar-refractivity contribution is 6.30. The van der Waals surface area contributed by atoms with Crippen molar-refractivity contribution in [2.24, 2.45) is 0 Å². The second-order valence-corrected chi connectivity index (χ2v) is 5.03. The monoisotopic (exact) mass is 290 g/mol. The van der Waals surface area contributed by atoms with Crippen LogP contribution in [-0.2, 0) is 11.2 Å². The molecule has 3 nitrogen and oxygen atoms in total. The van der Waals surface area contributed by atoms with Gasteiger partial charge in [-0.15, -0.1) is 0 Å². The van der Waals surface area contributed by atoms with Gasteiger partial charge in [-0.25, -0.2) is 4.79 Å². The second-order valence-electron chi connectivity index (χ2n) is 4.59. The first kappa shape index (κ1) is 14.4. The van der Waals surface area contributed by atoms with Crippen LogP contribution in [0.1, 0.15) is 11.1 Å². The van der Waals surface area contributed by atoms with Crippen LogP contribution in [0, 0.1) is 6.92 Å². The molecule has 1 atom stereocenters. The molecule has 0 bridgehead atoms. The van der Waals surface area contributed by atoms with Gasteiger partial charge in [0.05, 0.1) is 0 Å². The van der Waals surface area contributed by atoms with Crippen LogP contribution < -0.4 is 4.74 Å². The Kier molecular flexibility index (Phi) is 4.64. The highest BCUT2D eigenvalue weighted by Gasteiger charge is 2.20. The van der Waals surface area contributed by atoms with Gasteiger partial charge in [-0.05, 0) is 30.7 Å². The number of hydrogen-bond donors (Lipinski definition) is 1. The number of hydrogen-bond acceptors (Lipinski definition) is 2. The standard InChI is InChI=1S/C16H15ClO3/c1-11-5-7-12(8-6-11)9-15(16(18)19)20-14-4-2-3-13(17)10-14/h2-8,10,15H,9H2,1H3,(H,18,19)/t15-/m0/s1. The molecule has 0 aliphatic carbocycles. The Morgan fingerprint density at radius 3 is 2.55 bits per heavy atom. The predicted molar refractivity (Wildman–Crippen MR) is 78.4 cm³/mol. The van der Waals surface area contributed by atoms with Crippen molar-refractivity contribution in [3.05, 3.63) is 64.7 Å². The van der Waals surface area contributed by atoms with Crippen molar-refractivity contribution in [3.63, 3.8) is 0 Å². The summed E-state index contributed by atoms with van der Waals surface area (Å²) in [6.45, 7) is 1.99. The van der Waals surface area contributed by atoms with Crippen LogP contribution in [-0.4, -0.2) is 17.2 Å². The normalized spacial score (nSPS) is 11.9. The Bertz CT molecular complexity index is 593. The number of benzene rings is 2. The smallest absolute Gasteiger partial charge is 0.345 e. The summed E-state index contributed by atoms with van der Waals surface area (Å²) in [6.07, 6.45) is -0.626. The van der Waals surface area contributed by atoms with Gasteiger partial charge in [0.15, 0.2) is 6.10 Å². The fraction of sp³-hybridized carbons (Fsp3) is 0.188. The van der Waals surface area contributed by atoms with E-state index in [1.165, 1.54) is 0 Å². The first-order valence-corrected chi connectivity index (χ1v) is 6.63. The molecule has 0 spiro atoms. The van der Waals surface area contributed by atoms with Gasteiger partial charge in [-0.3, -0.25) is 0 Å². The molecule has 0 amide bonds. The van der Waals surface area contributed by atoms with E-state index in [4.69, 9.17) is 16.3 Å². The Morgan fingerprint density at radius 1 is 1.25 bits per heavy atom. The van der Waals surface area contributed by atoms with E-state index < -0.39 is 12.1 Å². The van der Waals surface area contributed by atoms with Gasteiger partial charge in [0.25, 0.3) is 0 Å². The molecular weight excluding hydrogens is 276 g/mol. The summed E-state index contributed by atoms with van der Waals surface area (Å²) in [6, 6.07) is 14.5. The number of halogens is 1. The van der Waals surface area contributed by atoms with Gasteiger partial charge in [-0.2, -0.15) is 0 Å². The van der Waals surface area contributed by atoms with Crippen LogP contribution in [0.2, 0.25) is 5.02 Å². The lowest BCUT2D eigenvalue weighted by Crippen LogP contribution is -2.29. The minimum atomic E-state index is -0.995. The van der Waals surface area contributed by atoms with E-state index in [1.807, 2.05) is 31.2 Å². The molecule has 0 aliphatic heterocycles. The van der Waals surface area contributed by atoms with Gasteiger partial charge in [0.2, 0.25) is 0 Å². The topological polar surface area (TPSA) is 46.5 Å². The average molecular weight is 291 g/mol. The van der Waals surface area contributed by atoms with Crippen LogP contribution in [0.5, 0.6) is 5.75 Å². The molecule has 2 rings (SSSR count). The van der Waals surface area contributed by atoms with Gasteiger partial charge < -0.3 is 9.84 Å². The molecule has 0 radical (unpaired) electrons. The maximum Gasteiger partial charge on any atom is 0.345 e. The van der Waals surface area contributed by atoms with E-state index in [1.54, 1.807) is 24.3 Å². The maximum atomic E-state index is 11.3. The molecule has 0 heterocycles. The third-order valence-electron chi connectivity index (χ3n) is 2.89. The zero-order chi connectivity index (χ0) is 14.5. The molecule has 0 aromatic heterocycles. The Labute approximate surface area is 122 Å². The van der Waals surface area contributed by atoms with Crippen molar-refractivity contribution >= 4 is 17.6 Å². The average Bonchev–Trinajstić information content (AvgIpc) is 2.40. The van der Waals surface area contributed by atoms with Crippen molar-refractivity contribution in [2.45, 2.75) is 19.4 Å². The number of carboxylic acids is 1. The molecule has 0 fully saturated rings. The zero-order valence-corrected chi connectivity index (χ0v) is 11.8. The van der Waals surface area contributed by atoms with Gasteiger partial charge >= 0.3 is 5.97 Å². The van der Waals surface area contributed by atoms with E-state index >= 15 is 0 Å². The number of aliphatic carboxylic acids is 1. The highest BCUT2D eigenvalue weighted by Crippen LogP contribution is 2.19. The minimum absolute atomic E-state index is 0.308. The Balaban J connectivity index is 2.11. The molecule has 0 saturated heterocycles. The van der Waals surface area contributed by atoms with E-state index in [2.05, 4.69) is 0 Å². The highest BCUT2D eigenvalue weighted by atomic mass is 35.5. The first-order chi connectivity index (χ1) is 9.54. The zero-order valence-electron chi connectivity index (χ0n) is 11.0. The Morgan fingerprint density at radius 2 is 1.95 bits per heavy atom. The lowest BCUT2D eigenvalue weighted by atomic mass is 10.1. The van der Waals surface area contributed by atoms with Crippen LogP contribution in [0.25, 0.3) is 0 Å². The van der Waals surface area contributed by atoms with Crippen molar-refractivity contribution in [1.82, 2.24) is 0 Å². The molecule has 104 valence electrons. The third-order valence-corrected chi connectivity index (χ3v) is 3.13. The summed E-state index contributed by atoms with van der Waals surface area (Å²) in [4.78, 5) is 11.3. The number of ether oxygens (including phenoxy) is 1. The summed E-state index contributed by atoms with van der Waals surface area (Å²) in [5.74, 6) is -0.539. The van der Waals surface area contributed by atoms with E-state index in [0.29, 0.717) is 17.2 Å². The quantitative estimate of drug-likeness (QED) is 0.913. The van der Waals surface area contributed by atoms with Crippen LogP contribution in [0.4, 0.5) is 0 Å². The number of aryl methyl sites for hydroxylation is 1. The van der Waals surface area contributed by atoms with Crippen molar-refractivity contribution < 1.29 is 14.6 Å². The molecule has 2 aromatic carbocycles. The summed E-state index contributed by atoms with van der Waals surface area (Å²) in [5.41, 5.74) is 2.06. The summed E-state index contributed by atoms with van der Waals surface area (Å²) in [5, 5.41) is 9.78. The molecule has 0 aliphatic rings. The molecular formula is C16H15ClO3. The second kappa shape index (κ2) is 6.44. The molecule has 2 aromatic rings. The summed E-state index contributed by atoms with van der Waals surface area (Å²) >= 11 is 5.86. The number of rotatable bonds is 5. The summed E-state index contributed by atoms with van der Waals surface area (Å²) < 4.78 is 5.51. The lowest BCUT2D eigenvalue weighted by Gasteiger charge is -2.15. The summed E-state index contributed by atoms with van der Waals surface area (Å²) in [7, 11) is 0. The van der Waals surface area contributed by atoms with Gasteiger partial charge in [-0.1, -0.05) is 47.5 Å². The molecule has 1 N–H and O–H groups in total. The first-order valence-electron chi connectivity index (χ1n) is 6.25. The largest absolute Gasteiger partial charge is 0.478 e. The van der Waals surface area contributed by atoms with Crippen molar-refractivity contribution in [2.75, 3.05) is 0 Å². The van der Waals surface area contributed by atoms with Crippen LogP contribution >= 0.6 is 11.6 Å². The van der Waals surface area contributed by atoms with Gasteiger partial charge in [0.1, 0.15) is 5.75 Å². The lowest BCUT2D eigenvalue weighted by molar-refractivity contribution is -0.145. The molecule has 4 heteroatoms. The third kappa shape index (κ3) is 4.00. The molecule has 0 unspecified atom stereocenters. The molecule has 0 saturated carbocycles. The number of carboxylic acid groups (broad SMARTS) is 1. The van der Waals surface area contributed by atoms with Crippen LogP contribution in [0.15, 0.2) is 48.5 Å². The van der Waals surface area contributed by atoms with Crippen molar-refractivity contribution in [1.29, 1.82) is 0 Å². The molecule has 20 heavy (non-hydrogen) atoms. The Hall–Kier alpha value is -2.00. The van der Waals surface area contributed by atoms with Gasteiger partial charge in [0, 0.05) is 11.4 Å². The van der Waals surface area contributed by atoms with E-state index in [-0.39, 0.29) is 0 Å². The van der Waals surface area contributed by atoms with Crippen LogP contribution in [0.3, 0.4) is 0 Å². The van der Waals surface area contributed by atoms with E-state index in [0.717, 1.165) is 11.1 Å². The maximum absolute atomic E-state index is 11.3. The van der Waals surface area contributed by atoms with Crippen molar-refractivity contribution in [3.8, 4) is 5.75 Å². The fourth-order valence-corrected chi connectivity index (χ4v) is 2.00. The minimum Gasteiger partial charge on any atom is -0.478 e. The number of carbonyl (C=O) groups is 1. The SMILES string of the molecule is Cc1ccc(C[C@H](Oc2cccc(Cl)c2)C(=O)O)cc1. The fourth-order valence-electron chi connectivity index (χ4n) is 1.82. The predicted octanol–water partition coefficient (Wildman–Crippen LogP) is 3.72. The van der Waals surface area contributed by atoms with E-state index in [9.17, 15) is 9.90 Å².